The summed E-state index contributed by atoms with van der Waals surface area (Å²) in [6.07, 6.45) is 2.93. The summed E-state index contributed by atoms with van der Waals surface area (Å²) in [4.78, 5) is 2.03. The number of aliphatic hydroxyl groups is 1. The van der Waals surface area contributed by atoms with E-state index in [0.717, 1.165) is 31.6 Å². The fourth-order valence-corrected chi connectivity index (χ4v) is 1.37. The lowest BCUT2D eigenvalue weighted by molar-refractivity contribution is 0.283. The quantitative estimate of drug-likeness (QED) is 0.755. The minimum atomic E-state index is 0.268. The van der Waals surface area contributed by atoms with Gasteiger partial charge in [-0.2, -0.15) is 0 Å². The number of halogens is 1. The van der Waals surface area contributed by atoms with Crippen LogP contribution in [0.5, 0.6) is 0 Å². The van der Waals surface area contributed by atoms with Gasteiger partial charge in [-0.25, -0.2) is 0 Å². The van der Waals surface area contributed by atoms with Crippen LogP contribution >= 0.6 is 11.6 Å². The van der Waals surface area contributed by atoms with Gasteiger partial charge in [-0.1, -0.05) is 11.6 Å². The summed E-state index contributed by atoms with van der Waals surface area (Å²) >= 11 is 5.64. The van der Waals surface area contributed by atoms with Gasteiger partial charge in [0.25, 0.3) is 0 Å². The minimum absolute atomic E-state index is 0.268. The van der Waals surface area contributed by atoms with E-state index in [4.69, 9.17) is 16.7 Å². The van der Waals surface area contributed by atoms with Crippen LogP contribution in [-0.4, -0.2) is 35.5 Å². The van der Waals surface area contributed by atoms with Gasteiger partial charge in [-0.05, 0) is 31.4 Å². The van der Waals surface area contributed by atoms with Crippen molar-refractivity contribution in [3.63, 3.8) is 0 Å². The molecule has 0 saturated heterocycles. The van der Waals surface area contributed by atoms with Crippen molar-refractivity contribution >= 4 is 17.4 Å². The van der Waals surface area contributed by atoms with Crippen molar-refractivity contribution in [1.82, 2.24) is 10.2 Å². The van der Waals surface area contributed by atoms with E-state index in [1.807, 2.05) is 18.0 Å². The molecule has 0 amide bonds. The first-order valence-electron chi connectivity index (χ1n) is 5.05. The molecule has 0 radical (unpaired) electrons. The number of hydrogen-bond donors (Lipinski definition) is 1. The third-order valence-corrected chi connectivity index (χ3v) is 2.36. The largest absolute Gasteiger partial charge is 0.396 e. The van der Waals surface area contributed by atoms with Crippen molar-refractivity contribution in [2.75, 3.05) is 25.1 Å². The van der Waals surface area contributed by atoms with Crippen LogP contribution in [0.3, 0.4) is 0 Å². The summed E-state index contributed by atoms with van der Waals surface area (Å²) in [7, 11) is 1.97. The molecular formula is C10H16ClN3O. The Bertz CT molecular complexity index is 279. The van der Waals surface area contributed by atoms with E-state index in [1.165, 1.54) is 0 Å². The van der Waals surface area contributed by atoms with E-state index < -0.39 is 0 Å². The van der Waals surface area contributed by atoms with Crippen LogP contribution in [0.15, 0.2) is 12.1 Å². The Balaban J connectivity index is 2.33. The lowest BCUT2D eigenvalue weighted by atomic mass is 10.2. The third-order valence-electron chi connectivity index (χ3n) is 2.16. The molecule has 0 fully saturated rings. The monoisotopic (exact) mass is 229 g/mol. The van der Waals surface area contributed by atoms with E-state index in [0.29, 0.717) is 5.15 Å². The molecule has 0 aliphatic rings. The minimum Gasteiger partial charge on any atom is -0.396 e. The molecule has 0 saturated carbocycles. The van der Waals surface area contributed by atoms with Gasteiger partial charge in [0.05, 0.1) is 0 Å². The summed E-state index contributed by atoms with van der Waals surface area (Å²) in [6, 6.07) is 3.58. The molecular weight excluding hydrogens is 214 g/mol. The molecule has 84 valence electrons. The van der Waals surface area contributed by atoms with Crippen molar-refractivity contribution in [3.8, 4) is 0 Å². The van der Waals surface area contributed by atoms with E-state index in [-0.39, 0.29) is 6.61 Å². The number of anilines is 1. The van der Waals surface area contributed by atoms with Crippen molar-refractivity contribution in [1.29, 1.82) is 0 Å². The molecule has 1 heterocycles. The zero-order valence-corrected chi connectivity index (χ0v) is 9.61. The third kappa shape index (κ3) is 4.44. The lowest BCUT2D eigenvalue weighted by Crippen LogP contribution is -2.20. The van der Waals surface area contributed by atoms with Crippen molar-refractivity contribution in [3.05, 3.63) is 17.3 Å². The van der Waals surface area contributed by atoms with Crippen LogP contribution in [0.25, 0.3) is 0 Å². The number of aromatic nitrogens is 2. The first-order valence-corrected chi connectivity index (χ1v) is 5.43. The van der Waals surface area contributed by atoms with Crippen LogP contribution in [0.1, 0.15) is 19.3 Å². The van der Waals surface area contributed by atoms with Gasteiger partial charge in [0.1, 0.15) is 0 Å². The van der Waals surface area contributed by atoms with Gasteiger partial charge in [-0.15, -0.1) is 10.2 Å². The summed E-state index contributed by atoms with van der Waals surface area (Å²) in [5, 5.41) is 16.8. The highest BCUT2D eigenvalue weighted by Gasteiger charge is 2.02. The van der Waals surface area contributed by atoms with Crippen molar-refractivity contribution in [2.24, 2.45) is 0 Å². The van der Waals surface area contributed by atoms with Crippen LogP contribution < -0.4 is 4.90 Å². The molecule has 0 unspecified atom stereocenters. The standard InChI is InChI=1S/C10H16ClN3O/c1-14(7-3-2-4-8-15)10-6-5-9(11)12-13-10/h5-6,15H,2-4,7-8H2,1H3. The summed E-state index contributed by atoms with van der Waals surface area (Å²) in [5.41, 5.74) is 0. The molecule has 0 spiro atoms. The number of aliphatic hydroxyl groups excluding tert-OH is 1. The average Bonchev–Trinajstić information content (AvgIpc) is 2.25. The number of hydrogen-bond acceptors (Lipinski definition) is 4. The zero-order chi connectivity index (χ0) is 11.1. The second-order valence-electron chi connectivity index (χ2n) is 3.42. The van der Waals surface area contributed by atoms with Crippen LogP contribution in [0, 0.1) is 0 Å². The summed E-state index contributed by atoms with van der Waals surface area (Å²) in [5.74, 6) is 0.823. The lowest BCUT2D eigenvalue weighted by Gasteiger charge is -2.16. The van der Waals surface area contributed by atoms with E-state index in [1.54, 1.807) is 6.07 Å². The molecule has 0 atom stereocenters. The van der Waals surface area contributed by atoms with Gasteiger partial charge in [0.15, 0.2) is 11.0 Å². The Kier molecular flexibility index (Phi) is 5.36. The second kappa shape index (κ2) is 6.58. The molecule has 15 heavy (non-hydrogen) atoms. The Labute approximate surface area is 94.9 Å². The van der Waals surface area contributed by atoms with Gasteiger partial charge < -0.3 is 10.0 Å². The fourth-order valence-electron chi connectivity index (χ4n) is 1.26. The first-order chi connectivity index (χ1) is 7.24. The van der Waals surface area contributed by atoms with Crippen molar-refractivity contribution in [2.45, 2.75) is 19.3 Å². The van der Waals surface area contributed by atoms with Gasteiger partial charge in [0.2, 0.25) is 0 Å². The topological polar surface area (TPSA) is 49.2 Å². The van der Waals surface area contributed by atoms with Gasteiger partial charge in [-0.3, -0.25) is 0 Å². The predicted octanol–water partition coefficient (Wildman–Crippen LogP) is 1.73. The molecule has 4 nitrogen and oxygen atoms in total. The molecule has 0 bridgehead atoms. The molecule has 0 aliphatic carbocycles. The molecule has 0 aromatic carbocycles. The molecule has 1 aromatic heterocycles. The summed E-state index contributed by atoms with van der Waals surface area (Å²) < 4.78 is 0. The molecule has 5 heteroatoms. The Morgan fingerprint density at radius 3 is 2.67 bits per heavy atom. The second-order valence-corrected chi connectivity index (χ2v) is 3.81. The van der Waals surface area contributed by atoms with Crippen LogP contribution in [0.2, 0.25) is 5.15 Å². The average molecular weight is 230 g/mol. The van der Waals surface area contributed by atoms with Gasteiger partial charge >= 0.3 is 0 Å². The maximum absolute atomic E-state index is 8.63. The molecule has 1 aromatic rings. The van der Waals surface area contributed by atoms with E-state index >= 15 is 0 Å². The maximum Gasteiger partial charge on any atom is 0.151 e. The van der Waals surface area contributed by atoms with Crippen molar-refractivity contribution < 1.29 is 5.11 Å². The maximum atomic E-state index is 8.63. The van der Waals surface area contributed by atoms with Crippen LogP contribution in [-0.2, 0) is 0 Å². The predicted molar refractivity (Wildman–Crippen MR) is 61.2 cm³/mol. The highest BCUT2D eigenvalue weighted by Crippen LogP contribution is 2.10. The summed E-state index contributed by atoms with van der Waals surface area (Å²) in [6.45, 7) is 1.18. The fraction of sp³-hybridized carbons (Fsp3) is 0.600. The number of nitrogens with zero attached hydrogens (tertiary/aromatic N) is 3. The number of rotatable bonds is 6. The Hall–Kier alpha value is -0.870. The molecule has 1 rings (SSSR count). The SMILES string of the molecule is CN(CCCCCO)c1ccc(Cl)nn1. The van der Waals surface area contributed by atoms with Crippen LogP contribution in [0.4, 0.5) is 5.82 Å². The Morgan fingerprint density at radius 2 is 2.07 bits per heavy atom. The number of unbranched alkanes of at least 4 members (excludes halogenated alkanes) is 2. The molecule has 1 N–H and O–H groups in total. The van der Waals surface area contributed by atoms with E-state index in [2.05, 4.69) is 10.2 Å². The van der Waals surface area contributed by atoms with Gasteiger partial charge in [0, 0.05) is 20.2 Å². The normalized spacial score (nSPS) is 10.3. The zero-order valence-electron chi connectivity index (χ0n) is 8.86. The first kappa shape index (κ1) is 12.2. The Morgan fingerprint density at radius 1 is 1.27 bits per heavy atom. The highest BCUT2D eigenvalue weighted by atomic mass is 35.5. The smallest absolute Gasteiger partial charge is 0.151 e. The highest BCUT2D eigenvalue weighted by molar-refractivity contribution is 6.29. The molecule has 0 aliphatic heterocycles. The van der Waals surface area contributed by atoms with E-state index in [9.17, 15) is 0 Å².